The number of thiazole rings is 1. The Labute approximate surface area is 206 Å². The molecule has 186 valence electrons. The lowest BCUT2D eigenvalue weighted by Crippen LogP contribution is -2.41. The minimum atomic E-state index is -0.560. The molecule has 10 nitrogen and oxygen atoms in total. The molecule has 0 atom stereocenters. The summed E-state index contributed by atoms with van der Waals surface area (Å²) in [5, 5.41) is 3.42. The van der Waals surface area contributed by atoms with Gasteiger partial charge in [0.25, 0.3) is 5.56 Å². The zero-order valence-corrected chi connectivity index (χ0v) is 20.7. The fourth-order valence-electron chi connectivity index (χ4n) is 4.14. The van der Waals surface area contributed by atoms with Gasteiger partial charge in [-0.3, -0.25) is 18.7 Å². The predicted molar refractivity (Wildman–Crippen MR) is 136 cm³/mol. The highest BCUT2D eigenvalue weighted by Gasteiger charge is 2.22. The zero-order chi connectivity index (χ0) is 24.9. The fraction of sp³-hybridized carbons (Fsp3) is 0.458. The number of anilines is 2. The van der Waals surface area contributed by atoms with Crippen molar-refractivity contribution < 1.29 is 14.3 Å². The summed E-state index contributed by atoms with van der Waals surface area (Å²) in [5.74, 6) is -0.954. The molecule has 4 rings (SSSR count). The highest BCUT2D eigenvalue weighted by molar-refractivity contribution is 7.22. The van der Waals surface area contributed by atoms with Crippen LogP contribution in [0.3, 0.4) is 0 Å². The second-order valence-electron chi connectivity index (χ2n) is 8.37. The Morgan fingerprint density at radius 3 is 2.60 bits per heavy atom. The average molecular weight is 500 g/mol. The number of rotatable bonds is 8. The van der Waals surface area contributed by atoms with E-state index < -0.39 is 17.6 Å². The average Bonchev–Trinajstić information content (AvgIpc) is 3.31. The first kappa shape index (κ1) is 24.6. The molecular formula is C24H29N5O5S. The first-order valence-corrected chi connectivity index (χ1v) is 12.7. The van der Waals surface area contributed by atoms with Gasteiger partial charge in [0, 0.05) is 25.3 Å². The number of aromatic nitrogens is 3. The van der Waals surface area contributed by atoms with Crippen LogP contribution in [0, 0.1) is 0 Å². The number of piperidine rings is 1. The summed E-state index contributed by atoms with van der Waals surface area (Å²) in [6, 6.07) is 6.40. The van der Waals surface area contributed by atoms with Gasteiger partial charge in [0.05, 0.1) is 12.2 Å². The van der Waals surface area contributed by atoms with Crippen molar-refractivity contribution in [1.82, 2.24) is 14.1 Å². The van der Waals surface area contributed by atoms with Gasteiger partial charge in [-0.15, -0.1) is 0 Å². The summed E-state index contributed by atoms with van der Waals surface area (Å²) >= 11 is 1.27. The number of hydrogen-bond acceptors (Lipinski definition) is 8. The van der Waals surface area contributed by atoms with E-state index in [2.05, 4.69) is 15.2 Å². The third-order valence-electron chi connectivity index (χ3n) is 5.79. The van der Waals surface area contributed by atoms with Gasteiger partial charge in [0.2, 0.25) is 5.91 Å². The summed E-state index contributed by atoms with van der Waals surface area (Å²) < 4.78 is 7.82. The minimum absolute atomic E-state index is 0.230. The number of hydrogen-bond donors (Lipinski definition) is 1. The van der Waals surface area contributed by atoms with Crippen LogP contribution in [0.4, 0.5) is 10.8 Å². The van der Waals surface area contributed by atoms with Crippen molar-refractivity contribution in [2.45, 2.75) is 52.6 Å². The van der Waals surface area contributed by atoms with Crippen LogP contribution >= 0.6 is 11.3 Å². The first-order chi connectivity index (χ1) is 16.9. The van der Waals surface area contributed by atoms with Crippen molar-refractivity contribution in [3.05, 3.63) is 50.7 Å². The van der Waals surface area contributed by atoms with E-state index in [1.807, 2.05) is 6.92 Å². The van der Waals surface area contributed by atoms with Gasteiger partial charge in [-0.2, -0.15) is 0 Å². The summed E-state index contributed by atoms with van der Waals surface area (Å²) in [4.78, 5) is 58.0. The van der Waals surface area contributed by atoms with Gasteiger partial charge in [-0.05, 0) is 50.8 Å². The van der Waals surface area contributed by atoms with E-state index in [9.17, 15) is 19.2 Å². The number of carbonyl (C=O) groups is 2. The molecule has 1 aromatic carbocycles. The van der Waals surface area contributed by atoms with Crippen molar-refractivity contribution in [2.24, 2.45) is 0 Å². The van der Waals surface area contributed by atoms with Crippen molar-refractivity contribution in [3.63, 3.8) is 0 Å². The lowest BCUT2D eigenvalue weighted by molar-refractivity contribution is -0.116. The number of ether oxygens (including phenoxy) is 1. The topological polar surface area (TPSA) is 116 Å². The maximum absolute atomic E-state index is 13.2. The van der Waals surface area contributed by atoms with E-state index in [4.69, 9.17) is 4.74 Å². The second-order valence-corrected chi connectivity index (χ2v) is 9.35. The van der Waals surface area contributed by atoms with Crippen molar-refractivity contribution in [3.8, 4) is 0 Å². The molecule has 0 unspecified atom stereocenters. The van der Waals surface area contributed by atoms with Gasteiger partial charge >= 0.3 is 11.7 Å². The molecule has 0 saturated carbocycles. The first-order valence-electron chi connectivity index (χ1n) is 11.9. The molecule has 1 aliphatic rings. The molecular weight excluding hydrogens is 470 g/mol. The summed E-state index contributed by atoms with van der Waals surface area (Å²) in [7, 11) is 0. The Hall–Kier alpha value is -3.47. The van der Waals surface area contributed by atoms with E-state index in [0.29, 0.717) is 27.5 Å². The van der Waals surface area contributed by atoms with Gasteiger partial charge in [0.15, 0.2) is 10.8 Å². The van der Waals surface area contributed by atoms with E-state index in [1.165, 1.54) is 26.5 Å². The summed E-state index contributed by atoms with van der Waals surface area (Å²) in [5.41, 5.74) is 0.0143. The van der Waals surface area contributed by atoms with Crippen molar-refractivity contribution >= 4 is 44.4 Å². The number of esters is 1. The van der Waals surface area contributed by atoms with Crippen LogP contribution < -0.4 is 21.5 Å². The highest BCUT2D eigenvalue weighted by atomic mass is 32.1. The molecule has 1 saturated heterocycles. The Morgan fingerprint density at radius 2 is 1.89 bits per heavy atom. The minimum Gasteiger partial charge on any atom is -0.462 e. The Bertz CT molecular complexity index is 1350. The lowest BCUT2D eigenvalue weighted by atomic mass is 10.1. The Morgan fingerprint density at radius 1 is 1.11 bits per heavy atom. The molecule has 2 aromatic heterocycles. The van der Waals surface area contributed by atoms with Gasteiger partial charge in [-0.1, -0.05) is 24.3 Å². The van der Waals surface area contributed by atoms with Crippen LogP contribution in [-0.2, 0) is 22.6 Å². The molecule has 0 bridgehead atoms. The Balaban J connectivity index is 1.67. The van der Waals surface area contributed by atoms with Crippen LogP contribution in [-0.4, -0.2) is 45.7 Å². The maximum atomic E-state index is 13.2. The molecule has 1 N–H and O–H groups in total. The molecule has 3 aromatic rings. The van der Waals surface area contributed by atoms with Crippen LogP contribution in [0.25, 0.3) is 10.3 Å². The van der Waals surface area contributed by atoms with Crippen molar-refractivity contribution in [2.75, 3.05) is 29.9 Å². The van der Waals surface area contributed by atoms with E-state index in [-0.39, 0.29) is 30.9 Å². The van der Waals surface area contributed by atoms with Gasteiger partial charge in [0.1, 0.15) is 11.2 Å². The third-order valence-corrected chi connectivity index (χ3v) is 6.88. The molecule has 3 heterocycles. The molecule has 11 heteroatoms. The van der Waals surface area contributed by atoms with E-state index >= 15 is 0 Å². The van der Waals surface area contributed by atoms with Gasteiger partial charge in [-0.25, -0.2) is 14.6 Å². The lowest BCUT2D eigenvalue weighted by Gasteiger charge is -2.25. The van der Waals surface area contributed by atoms with Crippen LogP contribution in [0.1, 0.15) is 49.9 Å². The number of carbonyl (C=O) groups excluding carboxylic acids is 2. The quantitative estimate of drug-likeness (QED) is 0.474. The molecule has 35 heavy (non-hydrogen) atoms. The smallest absolute Gasteiger partial charge is 0.338 e. The number of nitrogens with zero attached hydrogens (tertiary/aromatic N) is 4. The summed E-state index contributed by atoms with van der Waals surface area (Å²) in [6.07, 6.45) is 3.87. The largest absolute Gasteiger partial charge is 0.462 e. The van der Waals surface area contributed by atoms with Crippen LogP contribution in [0.2, 0.25) is 0 Å². The maximum Gasteiger partial charge on any atom is 0.338 e. The zero-order valence-electron chi connectivity index (χ0n) is 19.9. The van der Waals surface area contributed by atoms with Crippen molar-refractivity contribution in [1.29, 1.82) is 0 Å². The van der Waals surface area contributed by atoms with Crippen LogP contribution in [0.15, 0.2) is 33.9 Å². The predicted octanol–water partition coefficient (Wildman–Crippen LogP) is 2.84. The molecule has 0 aliphatic carbocycles. The van der Waals surface area contributed by atoms with Crippen LogP contribution in [0.5, 0.6) is 0 Å². The van der Waals surface area contributed by atoms with E-state index in [0.717, 1.165) is 32.4 Å². The Kier molecular flexibility index (Phi) is 7.64. The summed E-state index contributed by atoms with van der Waals surface area (Å²) in [6.45, 7) is 5.49. The number of amides is 1. The third kappa shape index (κ3) is 5.29. The number of nitrogens with one attached hydrogen (secondary N) is 1. The van der Waals surface area contributed by atoms with Gasteiger partial charge < -0.3 is 15.0 Å². The SMILES string of the molecule is CCCn1c(=O)c2sc(N3CCCCC3)nc2n(CC(=O)Nc2cccc(C(=O)OCC)c2)c1=O. The molecule has 0 radical (unpaired) electrons. The normalized spacial score (nSPS) is 13.7. The monoisotopic (exact) mass is 499 g/mol. The number of benzene rings is 1. The highest BCUT2D eigenvalue weighted by Crippen LogP contribution is 2.28. The number of fused-ring (bicyclic) bond motifs is 1. The fourth-order valence-corrected chi connectivity index (χ4v) is 5.21. The molecule has 0 spiro atoms. The van der Waals surface area contributed by atoms with E-state index in [1.54, 1.807) is 25.1 Å². The molecule has 1 aliphatic heterocycles. The second kappa shape index (κ2) is 10.9. The standard InChI is InChI=1S/C24H29N5O5S/c1-3-11-28-21(31)19-20(26-23(35-19)27-12-6-5-7-13-27)29(24(28)33)15-18(30)25-17-10-8-9-16(14-17)22(32)34-4-2/h8-10,14H,3-7,11-13,15H2,1-2H3,(H,25,30). The molecule has 1 amide bonds. The molecule has 1 fully saturated rings.